The van der Waals surface area contributed by atoms with Crippen LogP contribution in [-0.2, 0) is 21.3 Å². The molecule has 1 heterocycles. The molecule has 0 bridgehead atoms. The van der Waals surface area contributed by atoms with Gasteiger partial charge in [-0.2, -0.15) is 8.42 Å². The maximum Gasteiger partial charge on any atom is 0.332 e. The predicted octanol–water partition coefficient (Wildman–Crippen LogP) is 0.404. The van der Waals surface area contributed by atoms with Crippen LogP contribution in [0.15, 0.2) is 24.3 Å². The molecule has 15 heavy (non-hydrogen) atoms. The van der Waals surface area contributed by atoms with Crippen LogP contribution in [0.4, 0.5) is 0 Å². The van der Waals surface area contributed by atoms with Gasteiger partial charge in [-0.15, -0.1) is 0 Å². The van der Waals surface area contributed by atoms with Crippen molar-refractivity contribution in [3.63, 3.8) is 0 Å². The molecule has 0 saturated heterocycles. The second kappa shape index (κ2) is 3.32. The minimum atomic E-state index is -4.39. The lowest BCUT2D eigenvalue weighted by Crippen LogP contribution is -2.38. The highest BCUT2D eigenvalue weighted by molar-refractivity contribution is 7.87. The summed E-state index contributed by atoms with van der Waals surface area (Å²) in [6, 6.07) is 6.62. The molecule has 1 aliphatic rings. The van der Waals surface area contributed by atoms with Crippen molar-refractivity contribution < 1.29 is 22.5 Å². The smallest absolute Gasteiger partial charge is 0.332 e. The van der Waals surface area contributed by atoms with Crippen LogP contribution in [0, 0.1) is 0 Å². The Bertz CT molecular complexity index is 505. The van der Waals surface area contributed by atoms with Crippen LogP contribution in [0.1, 0.15) is 5.56 Å². The van der Waals surface area contributed by atoms with Crippen molar-refractivity contribution in [1.29, 1.82) is 0 Å². The number of benzene rings is 1. The summed E-state index contributed by atoms with van der Waals surface area (Å²) in [6.07, 6.45) is -0.0478. The highest BCUT2D eigenvalue weighted by Crippen LogP contribution is 2.26. The summed E-state index contributed by atoms with van der Waals surface area (Å²) in [5, 5.41) is -1.51. The van der Waals surface area contributed by atoms with Crippen molar-refractivity contribution in [3.8, 4) is 5.75 Å². The maximum atomic E-state index is 11.2. The van der Waals surface area contributed by atoms with Gasteiger partial charge in [-0.25, -0.2) is 0 Å². The molecule has 0 fully saturated rings. The maximum absolute atomic E-state index is 11.2. The molecular weight excluding hydrogens is 220 g/mol. The highest BCUT2D eigenvalue weighted by Gasteiger charge is 2.37. The number of hydrogen-bond acceptors (Lipinski definition) is 4. The quantitative estimate of drug-likeness (QED) is 0.427. The fourth-order valence-corrected chi connectivity index (χ4v) is 2.14. The summed E-state index contributed by atoms with van der Waals surface area (Å²) in [5.41, 5.74) is 0.597. The average molecular weight is 228 g/mol. The van der Waals surface area contributed by atoms with E-state index in [-0.39, 0.29) is 6.42 Å². The highest BCUT2D eigenvalue weighted by atomic mass is 32.2. The van der Waals surface area contributed by atoms with Crippen LogP contribution in [0.3, 0.4) is 0 Å². The van der Waals surface area contributed by atoms with Crippen molar-refractivity contribution >= 4 is 16.1 Å². The van der Waals surface area contributed by atoms with Crippen LogP contribution >= 0.6 is 0 Å². The van der Waals surface area contributed by atoms with E-state index in [1.807, 2.05) is 0 Å². The molecule has 1 unspecified atom stereocenters. The van der Waals surface area contributed by atoms with E-state index in [1.165, 1.54) is 0 Å². The number of hydrogen-bond donors (Lipinski definition) is 1. The Labute approximate surface area is 86.4 Å². The lowest BCUT2D eigenvalue weighted by Gasteiger charge is -2.20. The van der Waals surface area contributed by atoms with E-state index in [9.17, 15) is 13.2 Å². The first-order valence-corrected chi connectivity index (χ1v) is 5.75. The van der Waals surface area contributed by atoms with Gasteiger partial charge in [0.2, 0.25) is 0 Å². The number of rotatable bonds is 1. The van der Waals surface area contributed by atoms with Gasteiger partial charge in [0.15, 0.2) is 5.25 Å². The number of para-hydroxylation sites is 1. The molecule has 6 heteroatoms. The molecule has 0 amide bonds. The van der Waals surface area contributed by atoms with Gasteiger partial charge in [0, 0.05) is 6.42 Å². The van der Waals surface area contributed by atoms with Gasteiger partial charge in [-0.3, -0.25) is 9.35 Å². The number of ether oxygens (including phenoxy) is 1. The lowest BCUT2D eigenvalue weighted by molar-refractivity contribution is -0.134. The van der Waals surface area contributed by atoms with E-state index < -0.39 is 21.3 Å². The molecule has 0 aromatic heterocycles. The summed E-state index contributed by atoms with van der Waals surface area (Å²) in [5.74, 6) is -0.585. The van der Waals surface area contributed by atoms with Crippen molar-refractivity contribution in [2.75, 3.05) is 0 Å². The summed E-state index contributed by atoms with van der Waals surface area (Å²) in [6.45, 7) is 0. The zero-order valence-electron chi connectivity index (χ0n) is 7.58. The summed E-state index contributed by atoms with van der Waals surface area (Å²) < 4.78 is 35.3. The Kier molecular flexibility index (Phi) is 2.24. The molecule has 0 spiro atoms. The monoisotopic (exact) mass is 228 g/mol. The fourth-order valence-electron chi connectivity index (χ4n) is 1.46. The first kappa shape index (κ1) is 10.1. The molecule has 0 saturated carbocycles. The normalized spacial score (nSPS) is 20.6. The summed E-state index contributed by atoms with van der Waals surface area (Å²) >= 11 is 0. The van der Waals surface area contributed by atoms with Gasteiger partial charge in [0.1, 0.15) is 5.75 Å². The van der Waals surface area contributed by atoms with Crippen LogP contribution in [0.25, 0.3) is 0 Å². The average Bonchev–Trinajstić information content (AvgIpc) is 2.15. The van der Waals surface area contributed by atoms with E-state index >= 15 is 0 Å². The Morgan fingerprint density at radius 2 is 2.00 bits per heavy atom. The number of fused-ring (bicyclic) bond motifs is 1. The minimum absolute atomic E-state index is 0.0478. The third-order valence-electron chi connectivity index (χ3n) is 2.21. The van der Waals surface area contributed by atoms with E-state index in [4.69, 9.17) is 9.29 Å². The molecule has 1 aromatic rings. The van der Waals surface area contributed by atoms with Crippen LogP contribution in [0.5, 0.6) is 5.75 Å². The summed E-state index contributed by atoms with van der Waals surface area (Å²) in [4.78, 5) is 11.2. The Morgan fingerprint density at radius 1 is 1.33 bits per heavy atom. The topological polar surface area (TPSA) is 80.7 Å². The molecule has 0 aliphatic carbocycles. The first-order valence-electron chi connectivity index (χ1n) is 4.24. The summed E-state index contributed by atoms with van der Waals surface area (Å²) in [7, 11) is -4.39. The standard InChI is InChI=1S/C9H8O5S/c10-9-8(15(11,12)13)5-6-3-1-2-4-7(6)14-9/h1-4,8H,5H2,(H,11,12,13). The number of carbonyl (C=O) groups excluding carboxylic acids is 1. The van der Waals surface area contributed by atoms with Crippen LogP contribution < -0.4 is 4.74 Å². The van der Waals surface area contributed by atoms with Crippen LogP contribution in [0.2, 0.25) is 0 Å². The van der Waals surface area contributed by atoms with Gasteiger partial charge < -0.3 is 4.74 Å². The Hall–Kier alpha value is -1.40. The van der Waals surface area contributed by atoms with Gasteiger partial charge in [-0.05, 0) is 11.6 Å². The number of carbonyl (C=O) groups is 1. The van der Waals surface area contributed by atoms with E-state index in [0.717, 1.165) is 0 Å². The number of esters is 1. The zero-order valence-corrected chi connectivity index (χ0v) is 8.40. The second-order valence-electron chi connectivity index (χ2n) is 3.24. The molecule has 1 aromatic carbocycles. The molecule has 1 atom stereocenters. The largest absolute Gasteiger partial charge is 0.425 e. The second-order valence-corrected chi connectivity index (χ2v) is 4.84. The third-order valence-corrected chi connectivity index (χ3v) is 3.29. The molecule has 1 N–H and O–H groups in total. The van der Waals surface area contributed by atoms with E-state index in [2.05, 4.69) is 0 Å². The van der Waals surface area contributed by atoms with Crippen molar-refractivity contribution in [1.82, 2.24) is 0 Å². The van der Waals surface area contributed by atoms with E-state index in [0.29, 0.717) is 11.3 Å². The van der Waals surface area contributed by atoms with Gasteiger partial charge in [0.25, 0.3) is 10.1 Å². The lowest BCUT2D eigenvalue weighted by atomic mass is 10.1. The SMILES string of the molecule is O=C1Oc2ccccc2CC1S(=O)(=O)O. The van der Waals surface area contributed by atoms with Gasteiger partial charge in [-0.1, -0.05) is 18.2 Å². The zero-order chi connectivity index (χ0) is 11.1. The van der Waals surface area contributed by atoms with E-state index in [1.54, 1.807) is 24.3 Å². The van der Waals surface area contributed by atoms with Gasteiger partial charge in [0.05, 0.1) is 0 Å². The molecule has 1 aliphatic heterocycles. The predicted molar refractivity (Wildman–Crippen MR) is 51.1 cm³/mol. The molecule has 2 rings (SSSR count). The molecule has 80 valence electrons. The van der Waals surface area contributed by atoms with Crippen molar-refractivity contribution in [2.24, 2.45) is 0 Å². The molecular formula is C9H8O5S. The van der Waals surface area contributed by atoms with Gasteiger partial charge >= 0.3 is 5.97 Å². The van der Waals surface area contributed by atoms with Crippen LogP contribution in [-0.4, -0.2) is 24.2 Å². The minimum Gasteiger partial charge on any atom is -0.425 e. The first-order chi connectivity index (χ1) is 6.98. The molecule has 5 nitrogen and oxygen atoms in total. The Balaban J connectivity index is 2.43. The van der Waals surface area contributed by atoms with Crippen molar-refractivity contribution in [2.45, 2.75) is 11.7 Å². The molecule has 0 radical (unpaired) electrons. The van der Waals surface area contributed by atoms with Crippen molar-refractivity contribution in [3.05, 3.63) is 29.8 Å². The fraction of sp³-hybridized carbons (Fsp3) is 0.222. The third kappa shape index (κ3) is 1.86. The Morgan fingerprint density at radius 3 is 2.67 bits per heavy atom.